The Kier molecular flexibility index (Phi) is 3.87. The molecule has 5 nitrogen and oxygen atoms in total. The van der Waals surface area contributed by atoms with E-state index < -0.39 is 9.05 Å². The van der Waals surface area contributed by atoms with Crippen LogP contribution in [0.3, 0.4) is 0 Å². The van der Waals surface area contributed by atoms with Gasteiger partial charge >= 0.3 is 0 Å². The Bertz CT molecular complexity index is 506. The van der Waals surface area contributed by atoms with E-state index in [9.17, 15) is 8.42 Å². The lowest BCUT2D eigenvalue weighted by Crippen LogP contribution is -2.32. The predicted molar refractivity (Wildman–Crippen MR) is 69.2 cm³/mol. The summed E-state index contributed by atoms with van der Waals surface area (Å²) < 4.78 is 29.9. The third-order valence-corrected chi connectivity index (χ3v) is 4.65. The zero-order chi connectivity index (χ0) is 13.2. The Balaban J connectivity index is 2.02. The molecule has 2 rings (SSSR count). The van der Waals surface area contributed by atoms with E-state index in [4.69, 9.17) is 15.4 Å². The van der Waals surface area contributed by atoms with Gasteiger partial charge in [-0.05, 0) is 12.8 Å². The quantitative estimate of drug-likeness (QED) is 0.778. The summed E-state index contributed by atoms with van der Waals surface area (Å²) in [6.45, 7) is 0.380. The topological polar surface area (TPSA) is 61.2 Å². The van der Waals surface area contributed by atoms with E-state index in [1.54, 1.807) is 24.1 Å². The maximum absolute atomic E-state index is 11.3. The van der Waals surface area contributed by atoms with Gasteiger partial charge in [-0.3, -0.25) is 4.68 Å². The van der Waals surface area contributed by atoms with Crippen molar-refractivity contribution in [1.29, 1.82) is 0 Å². The summed E-state index contributed by atoms with van der Waals surface area (Å²) in [5.41, 5.74) is -0.337. The maximum atomic E-state index is 11.3. The second-order valence-corrected chi connectivity index (χ2v) is 7.81. The van der Waals surface area contributed by atoms with Crippen LogP contribution in [0.5, 0.6) is 5.75 Å². The molecule has 0 aliphatic heterocycles. The first-order valence-corrected chi connectivity index (χ1v) is 8.40. The molecular weight excluding hydrogens is 276 g/mol. The lowest BCUT2D eigenvalue weighted by molar-refractivity contribution is 0.171. The minimum Gasteiger partial charge on any atom is -0.490 e. The molecule has 0 atom stereocenters. The van der Waals surface area contributed by atoms with E-state index in [2.05, 4.69) is 5.10 Å². The Hall–Kier alpha value is -0.750. The number of hydrogen-bond acceptors (Lipinski definition) is 4. The van der Waals surface area contributed by atoms with Gasteiger partial charge in [-0.25, -0.2) is 8.42 Å². The first-order chi connectivity index (χ1) is 8.39. The normalized spacial score (nSPS) is 19.0. The van der Waals surface area contributed by atoms with Gasteiger partial charge in [0.05, 0.1) is 24.8 Å². The number of aryl methyl sites for hydroxylation is 1. The minimum absolute atomic E-state index is 0.0121. The van der Waals surface area contributed by atoms with E-state index in [0.29, 0.717) is 12.4 Å². The average Bonchev–Trinajstić information content (AvgIpc) is 2.83. The number of nitrogens with zero attached hydrogens (tertiary/aromatic N) is 2. The van der Waals surface area contributed by atoms with Gasteiger partial charge in [0.25, 0.3) is 0 Å². The van der Waals surface area contributed by atoms with E-state index in [1.165, 1.54) is 0 Å². The second kappa shape index (κ2) is 5.09. The number of halogens is 1. The average molecular weight is 293 g/mol. The van der Waals surface area contributed by atoms with Crippen LogP contribution in [0.1, 0.15) is 25.7 Å². The molecule has 18 heavy (non-hydrogen) atoms. The van der Waals surface area contributed by atoms with Gasteiger partial charge in [0.1, 0.15) is 0 Å². The molecule has 1 fully saturated rings. The lowest BCUT2D eigenvalue weighted by Gasteiger charge is -2.26. The summed E-state index contributed by atoms with van der Waals surface area (Å²) in [4.78, 5) is 0. The first kappa shape index (κ1) is 13.7. The molecule has 0 saturated heterocycles. The minimum atomic E-state index is -3.49. The molecule has 0 N–H and O–H groups in total. The Morgan fingerprint density at radius 1 is 1.50 bits per heavy atom. The zero-order valence-corrected chi connectivity index (χ0v) is 11.9. The molecule has 1 aromatic rings. The highest BCUT2D eigenvalue weighted by Crippen LogP contribution is 2.40. The van der Waals surface area contributed by atoms with Crippen molar-refractivity contribution >= 4 is 19.7 Å². The number of rotatable bonds is 5. The SMILES string of the molecule is Cn1cc(OCC2(CS(=O)(=O)Cl)CCCC2)cn1. The van der Waals surface area contributed by atoms with Crippen molar-refractivity contribution in [3.05, 3.63) is 12.4 Å². The largest absolute Gasteiger partial charge is 0.490 e. The molecular formula is C11H17ClN2O3S. The van der Waals surface area contributed by atoms with E-state index >= 15 is 0 Å². The van der Waals surface area contributed by atoms with Crippen LogP contribution in [0.4, 0.5) is 0 Å². The van der Waals surface area contributed by atoms with Gasteiger partial charge in [-0.1, -0.05) is 12.8 Å². The molecule has 0 radical (unpaired) electrons. The third-order valence-electron chi connectivity index (χ3n) is 3.37. The second-order valence-electron chi connectivity index (χ2n) is 5.03. The Morgan fingerprint density at radius 3 is 2.67 bits per heavy atom. The molecule has 1 heterocycles. The summed E-state index contributed by atoms with van der Waals surface area (Å²) in [6, 6.07) is 0. The van der Waals surface area contributed by atoms with Crippen molar-refractivity contribution in [2.75, 3.05) is 12.4 Å². The van der Waals surface area contributed by atoms with Crippen molar-refractivity contribution in [3.63, 3.8) is 0 Å². The molecule has 7 heteroatoms. The Labute approximate surface area is 111 Å². The van der Waals surface area contributed by atoms with Gasteiger partial charge in [0.2, 0.25) is 9.05 Å². The highest BCUT2D eigenvalue weighted by molar-refractivity contribution is 8.13. The molecule has 1 aliphatic carbocycles. The van der Waals surface area contributed by atoms with Crippen LogP contribution in [0, 0.1) is 5.41 Å². The molecule has 0 amide bonds. The van der Waals surface area contributed by atoms with Crippen LogP contribution in [0.25, 0.3) is 0 Å². The summed E-state index contributed by atoms with van der Waals surface area (Å²) >= 11 is 0. The van der Waals surface area contributed by atoms with Crippen LogP contribution in [-0.2, 0) is 16.1 Å². The van der Waals surface area contributed by atoms with E-state index in [1.807, 2.05) is 0 Å². The Morgan fingerprint density at radius 2 is 2.17 bits per heavy atom. The molecule has 102 valence electrons. The maximum Gasteiger partial charge on any atom is 0.233 e. The molecule has 0 unspecified atom stereocenters. The number of hydrogen-bond donors (Lipinski definition) is 0. The van der Waals surface area contributed by atoms with Crippen LogP contribution in [0.2, 0.25) is 0 Å². The van der Waals surface area contributed by atoms with E-state index in [0.717, 1.165) is 25.7 Å². The molecule has 1 aromatic heterocycles. The van der Waals surface area contributed by atoms with Gasteiger partial charge < -0.3 is 4.74 Å². The monoisotopic (exact) mass is 292 g/mol. The lowest BCUT2D eigenvalue weighted by atomic mass is 9.90. The smallest absolute Gasteiger partial charge is 0.233 e. The zero-order valence-electron chi connectivity index (χ0n) is 10.3. The molecule has 0 aromatic carbocycles. The van der Waals surface area contributed by atoms with Crippen molar-refractivity contribution in [1.82, 2.24) is 9.78 Å². The number of aromatic nitrogens is 2. The summed E-state index contributed by atoms with van der Waals surface area (Å²) in [5.74, 6) is 0.651. The first-order valence-electron chi connectivity index (χ1n) is 5.92. The van der Waals surface area contributed by atoms with Gasteiger partial charge in [-0.15, -0.1) is 0 Å². The third kappa shape index (κ3) is 3.62. The van der Waals surface area contributed by atoms with Gasteiger partial charge in [0.15, 0.2) is 5.75 Å². The van der Waals surface area contributed by atoms with Crippen molar-refractivity contribution in [3.8, 4) is 5.75 Å². The fourth-order valence-corrected chi connectivity index (χ4v) is 4.33. The number of ether oxygens (including phenoxy) is 1. The van der Waals surface area contributed by atoms with Crippen LogP contribution >= 0.6 is 10.7 Å². The molecule has 0 spiro atoms. The predicted octanol–water partition coefficient (Wildman–Crippen LogP) is 1.93. The standard InChI is InChI=1S/C11H17ClN2O3S/c1-14-7-10(6-13-14)17-8-11(4-2-3-5-11)9-18(12,15)16/h6-7H,2-5,8-9H2,1H3. The van der Waals surface area contributed by atoms with Crippen LogP contribution in [0.15, 0.2) is 12.4 Å². The summed E-state index contributed by atoms with van der Waals surface area (Å²) in [5, 5.41) is 4.01. The fourth-order valence-electron chi connectivity index (χ4n) is 2.53. The molecule has 1 saturated carbocycles. The summed E-state index contributed by atoms with van der Waals surface area (Å²) in [7, 11) is 3.70. The molecule has 1 aliphatic rings. The van der Waals surface area contributed by atoms with Crippen LogP contribution < -0.4 is 4.74 Å². The van der Waals surface area contributed by atoms with Crippen molar-refractivity contribution < 1.29 is 13.2 Å². The van der Waals surface area contributed by atoms with Gasteiger partial charge in [0, 0.05) is 23.1 Å². The highest BCUT2D eigenvalue weighted by atomic mass is 35.7. The van der Waals surface area contributed by atoms with Crippen LogP contribution in [-0.4, -0.2) is 30.6 Å². The van der Waals surface area contributed by atoms with Crippen molar-refractivity contribution in [2.45, 2.75) is 25.7 Å². The molecule has 0 bridgehead atoms. The fraction of sp³-hybridized carbons (Fsp3) is 0.727. The van der Waals surface area contributed by atoms with Crippen molar-refractivity contribution in [2.24, 2.45) is 12.5 Å². The van der Waals surface area contributed by atoms with E-state index in [-0.39, 0.29) is 11.2 Å². The highest BCUT2D eigenvalue weighted by Gasteiger charge is 2.38. The van der Waals surface area contributed by atoms with Gasteiger partial charge in [-0.2, -0.15) is 5.10 Å². The summed E-state index contributed by atoms with van der Waals surface area (Å²) in [6.07, 6.45) is 7.14.